The average Bonchev–Trinajstić information content (AvgIpc) is 2.81. The Bertz CT molecular complexity index is 1310. The molecule has 0 aromatic heterocycles. The van der Waals surface area contributed by atoms with Crippen LogP contribution in [0.2, 0.25) is 10.0 Å². The Morgan fingerprint density at radius 2 is 1.82 bits per heavy atom. The number of anilines is 1. The third kappa shape index (κ3) is 6.12. The molecule has 0 unspecified atom stereocenters. The molecular weight excluding hydrogens is 481 g/mol. The van der Waals surface area contributed by atoms with Gasteiger partial charge in [0.05, 0.1) is 17.6 Å². The van der Waals surface area contributed by atoms with Crippen LogP contribution in [0.1, 0.15) is 21.5 Å². The van der Waals surface area contributed by atoms with E-state index in [0.29, 0.717) is 21.3 Å². The molecule has 0 heterocycles. The van der Waals surface area contributed by atoms with Crippen LogP contribution >= 0.6 is 23.2 Å². The van der Waals surface area contributed by atoms with Crippen LogP contribution in [0.3, 0.4) is 0 Å². The highest BCUT2D eigenvalue weighted by molar-refractivity contribution is 6.32. The van der Waals surface area contributed by atoms with E-state index in [0.717, 1.165) is 5.56 Å². The fourth-order valence-corrected chi connectivity index (χ4v) is 3.32. The van der Waals surface area contributed by atoms with Crippen LogP contribution in [0.4, 0.5) is 11.4 Å². The number of nitrogens with zero attached hydrogens (tertiary/aromatic N) is 1. The molecule has 0 spiro atoms. The van der Waals surface area contributed by atoms with Crippen LogP contribution in [0.15, 0.2) is 66.4 Å². The van der Waals surface area contributed by atoms with Crippen molar-refractivity contribution in [3.05, 3.63) is 103 Å². The third-order valence-corrected chi connectivity index (χ3v) is 5.36. The molecule has 174 valence electrons. The first-order chi connectivity index (χ1) is 16.2. The maximum Gasteiger partial charge on any atom is 0.272 e. The van der Waals surface area contributed by atoms with Gasteiger partial charge < -0.3 is 15.4 Å². The van der Waals surface area contributed by atoms with Crippen LogP contribution in [0.5, 0.6) is 5.75 Å². The monoisotopic (exact) mass is 499 g/mol. The molecule has 3 rings (SSSR count). The number of carbonyl (C=O) groups excluding carboxylic acids is 2. The summed E-state index contributed by atoms with van der Waals surface area (Å²) in [5.74, 6) is -1.07. The molecule has 0 atom stereocenters. The van der Waals surface area contributed by atoms with Crippen LogP contribution < -0.4 is 15.4 Å². The minimum atomic E-state index is -0.666. The van der Waals surface area contributed by atoms with Crippen molar-refractivity contribution < 1.29 is 19.2 Å². The Kier molecular flexibility index (Phi) is 7.88. The van der Waals surface area contributed by atoms with Crippen molar-refractivity contribution in [3.63, 3.8) is 0 Å². The van der Waals surface area contributed by atoms with Crippen molar-refractivity contribution in [2.45, 2.75) is 6.92 Å². The van der Waals surface area contributed by atoms with E-state index < -0.39 is 16.7 Å². The predicted molar refractivity (Wildman–Crippen MR) is 131 cm³/mol. The molecule has 0 aliphatic rings. The summed E-state index contributed by atoms with van der Waals surface area (Å²) in [5.41, 5.74) is 1.34. The van der Waals surface area contributed by atoms with Gasteiger partial charge in [-0.05, 0) is 54.5 Å². The highest BCUT2D eigenvalue weighted by Crippen LogP contribution is 2.24. The van der Waals surface area contributed by atoms with Crippen LogP contribution in [-0.4, -0.2) is 23.8 Å². The van der Waals surface area contributed by atoms with E-state index in [1.54, 1.807) is 30.3 Å². The van der Waals surface area contributed by atoms with E-state index in [-0.39, 0.29) is 22.7 Å². The highest BCUT2D eigenvalue weighted by atomic mass is 35.5. The molecule has 0 fully saturated rings. The van der Waals surface area contributed by atoms with E-state index >= 15 is 0 Å². The summed E-state index contributed by atoms with van der Waals surface area (Å²) in [4.78, 5) is 36.7. The Labute approximate surface area is 205 Å². The minimum absolute atomic E-state index is 0.103. The number of nitro groups is 1. The summed E-state index contributed by atoms with van der Waals surface area (Å²) in [6.07, 6.45) is 1.33. The summed E-state index contributed by atoms with van der Waals surface area (Å²) in [5, 5.41) is 17.1. The normalized spacial score (nSPS) is 11.0. The zero-order valence-corrected chi connectivity index (χ0v) is 19.6. The summed E-state index contributed by atoms with van der Waals surface area (Å²) in [6.45, 7) is 1.82. The number of ether oxygens (including phenoxy) is 1. The molecule has 34 heavy (non-hydrogen) atoms. The fraction of sp³-hybridized carbons (Fsp3) is 0.0833. The number of rotatable bonds is 7. The Morgan fingerprint density at radius 3 is 2.50 bits per heavy atom. The topological polar surface area (TPSA) is 111 Å². The van der Waals surface area contributed by atoms with Crippen molar-refractivity contribution in [2.75, 3.05) is 12.4 Å². The second kappa shape index (κ2) is 10.8. The van der Waals surface area contributed by atoms with E-state index in [1.807, 2.05) is 6.92 Å². The van der Waals surface area contributed by atoms with Gasteiger partial charge in [0.15, 0.2) is 0 Å². The molecule has 0 bridgehead atoms. The molecular formula is C24H19Cl2N3O5. The lowest BCUT2D eigenvalue weighted by atomic mass is 10.1. The molecule has 0 saturated heterocycles. The molecule has 3 aromatic rings. The smallest absolute Gasteiger partial charge is 0.272 e. The SMILES string of the molecule is COc1ccc(Cl)cc1C(=O)NC(=Cc1cccc([N+](=O)[O-])c1)C(=O)Nc1ccc(C)c(Cl)c1. The number of carbonyl (C=O) groups is 2. The number of amides is 2. The number of hydrogen-bond acceptors (Lipinski definition) is 5. The Morgan fingerprint density at radius 1 is 1.06 bits per heavy atom. The second-order valence-electron chi connectivity index (χ2n) is 7.13. The molecule has 2 N–H and O–H groups in total. The van der Waals surface area contributed by atoms with Gasteiger partial charge in [0.1, 0.15) is 11.4 Å². The average molecular weight is 500 g/mol. The third-order valence-electron chi connectivity index (χ3n) is 4.72. The lowest BCUT2D eigenvalue weighted by Crippen LogP contribution is -2.31. The van der Waals surface area contributed by atoms with Gasteiger partial charge in [-0.25, -0.2) is 0 Å². The molecule has 0 aliphatic heterocycles. The van der Waals surface area contributed by atoms with E-state index in [1.165, 1.54) is 43.5 Å². The van der Waals surface area contributed by atoms with Gasteiger partial charge in [0.2, 0.25) is 0 Å². The first-order valence-corrected chi connectivity index (χ1v) is 10.6. The quantitative estimate of drug-likeness (QED) is 0.248. The van der Waals surface area contributed by atoms with Crippen molar-refractivity contribution in [3.8, 4) is 5.75 Å². The summed E-state index contributed by atoms with van der Waals surface area (Å²) in [6, 6.07) is 15.1. The van der Waals surface area contributed by atoms with Gasteiger partial charge in [-0.3, -0.25) is 19.7 Å². The fourth-order valence-electron chi connectivity index (χ4n) is 2.97. The number of benzene rings is 3. The lowest BCUT2D eigenvalue weighted by molar-refractivity contribution is -0.384. The number of nitro benzene ring substituents is 1. The van der Waals surface area contributed by atoms with Gasteiger partial charge in [0.25, 0.3) is 17.5 Å². The van der Waals surface area contributed by atoms with Crippen molar-refractivity contribution >= 4 is 52.5 Å². The maximum absolute atomic E-state index is 13.1. The number of halogens is 2. The molecule has 0 aliphatic carbocycles. The Hall–Kier alpha value is -3.88. The van der Waals surface area contributed by atoms with Gasteiger partial charge in [-0.15, -0.1) is 0 Å². The van der Waals surface area contributed by atoms with Crippen LogP contribution in [0.25, 0.3) is 6.08 Å². The van der Waals surface area contributed by atoms with Crippen LogP contribution in [-0.2, 0) is 4.79 Å². The zero-order chi connectivity index (χ0) is 24.8. The van der Waals surface area contributed by atoms with E-state index in [4.69, 9.17) is 27.9 Å². The number of methoxy groups -OCH3 is 1. The number of non-ortho nitro benzene ring substituents is 1. The maximum atomic E-state index is 13.1. The van der Waals surface area contributed by atoms with Crippen molar-refractivity contribution in [1.29, 1.82) is 0 Å². The van der Waals surface area contributed by atoms with Crippen molar-refractivity contribution in [2.24, 2.45) is 0 Å². The lowest BCUT2D eigenvalue weighted by Gasteiger charge is -2.13. The first kappa shape index (κ1) is 24.8. The second-order valence-corrected chi connectivity index (χ2v) is 7.97. The van der Waals surface area contributed by atoms with Gasteiger partial charge in [-0.1, -0.05) is 41.4 Å². The largest absolute Gasteiger partial charge is 0.496 e. The summed E-state index contributed by atoms with van der Waals surface area (Å²) < 4.78 is 5.21. The predicted octanol–water partition coefficient (Wildman–Crippen LogP) is 5.63. The van der Waals surface area contributed by atoms with Gasteiger partial charge in [0, 0.05) is 27.9 Å². The molecule has 3 aromatic carbocycles. The van der Waals surface area contributed by atoms with E-state index in [9.17, 15) is 19.7 Å². The van der Waals surface area contributed by atoms with Crippen LogP contribution in [0, 0.1) is 17.0 Å². The molecule has 2 amide bonds. The minimum Gasteiger partial charge on any atom is -0.496 e. The van der Waals surface area contributed by atoms with Gasteiger partial charge in [-0.2, -0.15) is 0 Å². The highest BCUT2D eigenvalue weighted by Gasteiger charge is 2.19. The first-order valence-electron chi connectivity index (χ1n) is 9.86. The molecule has 8 nitrogen and oxygen atoms in total. The number of nitrogens with one attached hydrogen (secondary N) is 2. The molecule has 10 heteroatoms. The standard InChI is InChI=1S/C24H19Cl2N3O5/c1-14-6-8-17(13-20(14)26)27-24(31)21(11-15-4-3-5-18(10-15)29(32)33)28-23(30)19-12-16(25)7-9-22(19)34-2/h3-13H,1-2H3,(H,27,31)(H,28,30). The van der Waals surface area contributed by atoms with E-state index in [2.05, 4.69) is 10.6 Å². The summed E-state index contributed by atoms with van der Waals surface area (Å²) >= 11 is 12.2. The summed E-state index contributed by atoms with van der Waals surface area (Å²) in [7, 11) is 1.40. The zero-order valence-electron chi connectivity index (χ0n) is 18.1. The number of hydrogen-bond donors (Lipinski definition) is 2. The molecule has 0 saturated carbocycles. The van der Waals surface area contributed by atoms with Crippen molar-refractivity contribution in [1.82, 2.24) is 5.32 Å². The Balaban J connectivity index is 1.99. The number of aryl methyl sites for hydroxylation is 1. The van der Waals surface area contributed by atoms with Gasteiger partial charge >= 0.3 is 0 Å². The molecule has 0 radical (unpaired) electrons.